The van der Waals surface area contributed by atoms with Crippen molar-refractivity contribution in [3.05, 3.63) is 71.8 Å². The SMILES string of the molecule is COc1ccc2cc(S(=O)(=O)NN(Cc3cccc(C(N)=[NH2+])c3)C(=O)N3CCC(C)CC3)ccc2c1. The molecule has 190 valence electrons. The lowest BCUT2D eigenvalue weighted by Crippen LogP contribution is -2.53. The molecule has 0 spiro atoms. The molecule has 1 heterocycles. The number of amidine groups is 1. The molecule has 4 rings (SSSR count). The molecule has 3 aromatic carbocycles. The van der Waals surface area contributed by atoms with Crippen molar-refractivity contribution in [3.8, 4) is 5.75 Å². The highest BCUT2D eigenvalue weighted by atomic mass is 32.2. The molecule has 1 saturated heterocycles. The molecule has 0 unspecified atom stereocenters. The lowest BCUT2D eigenvalue weighted by molar-refractivity contribution is -0.114. The third kappa shape index (κ3) is 5.77. The number of hydrogen-bond donors (Lipinski definition) is 3. The maximum Gasteiger partial charge on any atom is 0.335 e. The topological polar surface area (TPSA) is 131 Å². The average Bonchev–Trinajstić information content (AvgIpc) is 2.87. The maximum atomic E-state index is 13.5. The van der Waals surface area contributed by atoms with E-state index in [0.29, 0.717) is 35.9 Å². The van der Waals surface area contributed by atoms with Gasteiger partial charge in [0.2, 0.25) is 0 Å². The molecule has 0 atom stereocenters. The van der Waals surface area contributed by atoms with Gasteiger partial charge in [0.1, 0.15) is 5.75 Å². The minimum absolute atomic E-state index is 0.00994. The standard InChI is InChI=1S/C26H31N5O4S/c1-18-10-12-30(13-11-18)26(32)31(17-19-4-3-5-22(14-19)25(27)28)29-36(33,34)24-9-7-20-15-23(35-2)8-6-21(20)16-24/h3-9,14-16,18,29H,10-13,17H2,1-2H3,(H3,27,28)/p+1. The van der Waals surface area contributed by atoms with Crippen LogP contribution in [-0.2, 0) is 16.6 Å². The number of methoxy groups -OCH3 is 1. The van der Waals surface area contributed by atoms with E-state index in [0.717, 1.165) is 28.6 Å². The van der Waals surface area contributed by atoms with Crippen molar-refractivity contribution >= 4 is 32.7 Å². The Morgan fingerprint density at radius 1 is 1.11 bits per heavy atom. The summed E-state index contributed by atoms with van der Waals surface area (Å²) in [7, 11) is -2.49. The molecule has 5 N–H and O–H groups in total. The largest absolute Gasteiger partial charge is 0.497 e. The second kappa shape index (κ2) is 10.5. The van der Waals surface area contributed by atoms with Crippen LogP contribution in [0.2, 0.25) is 0 Å². The molecule has 10 heteroatoms. The quantitative estimate of drug-likeness (QED) is 0.254. The number of nitrogens with one attached hydrogen (secondary N) is 1. The Kier molecular flexibility index (Phi) is 7.46. The predicted octanol–water partition coefficient (Wildman–Crippen LogP) is 1.86. The van der Waals surface area contributed by atoms with Crippen molar-refractivity contribution in [1.29, 1.82) is 0 Å². The second-order valence-corrected chi connectivity index (χ2v) is 10.8. The van der Waals surface area contributed by atoms with E-state index in [4.69, 9.17) is 15.9 Å². The Morgan fingerprint density at radius 2 is 1.81 bits per heavy atom. The first-order chi connectivity index (χ1) is 17.2. The van der Waals surface area contributed by atoms with E-state index < -0.39 is 16.1 Å². The summed E-state index contributed by atoms with van der Waals surface area (Å²) in [5.41, 5.74) is 7.03. The highest BCUT2D eigenvalue weighted by Crippen LogP contribution is 2.24. The number of ether oxygens (including phenoxy) is 1. The first-order valence-electron chi connectivity index (χ1n) is 11.8. The Morgan fingerprint density at radius 3 is 2.50 bits per heavy atom. The number of carbonyl (C=O) groups is 1. The fourth-order valence-corrected chi connectivity index (χ4v) is 5.30. The summed E-state index contributed by atoms with van der Waals surface area (Å²) in [6, 6.07) is 16.9. The van der Waals surface area contributed by atoms with Gasteiger partial charge in [0.25, 0.3) is 15.9 Å². The van der Waals surface area contributed by atoms with Gasteiger partial charge >= 0.3 is 6.03 Å². The van der Waals surface area contributed by atoms with E-state index in [9.17, 15) is 13.2 Å². The fraction of sp³-hybridized carbons (Fsp3) is 0.308. The normalized spacial score (nSPS) is 14.6. The van der Waals surface area contributed by atoms with Crippen LogP contribution >= 0.6 is 0 Å². The number of carbonyl (C=O) groups excluding carboxylic acids is 1. The molecule has 36 heavy (non-hydrogen) atoms. The van der Waals surface area contributed by atoms with E-state index in [1.807, 2.05) is 6.07 Å². The van der Waals surface area contributed by atoms with Gasteiger partial charge < -0.3 is 9.64 Å². The van der Waals surface area contributed by atoms with Gasteiger partial charge in [-0.2, -0.15) is 0 Å². The fourth-order valence-electron chi connectivity index (χ4n) is 4.24. The molecule has 2 amide bonds. The number of nitrogens with zero attached hydrogens (tertiary/aromatic N) is 2. The zero-order valence-corrected chi connectivity index (χ0v) is 21.3. The van der Waals surface area contributed by atoms with Gasteiger partial charge in [-0.25, -0.2) is 18.2 Å². The van der Waals surface area contributed by atoms with Crippen LogP contribution < -0.4 is 20.7 Å². The zero-order chi connectivity index (χ0) is 25.9. The van der Waals surface area contributed by atoms with E-state index in [-0.39, 0.29) is 17.3 Å². The predicted molar refractivity (Wildman–Crippen MR) is 138 cm³/mol. The number of rotatable bonds is 7. The average molecular weight is 511 g/mol. The molecule has 0 bridgehead atoms. The van der Waals surface area contributed by atoms with Crippen LogP contribution in [0.4, 0.5) is 4.79 Å². The molecular weight excluding hydrogens is 478 g/mol. The van der Waals surface area contributed by atoms with Crippen LogP contribution in [-0.4, -0.2) is 50.4 Å². The molecule has 1 fully saturated rings. The smallest absolute Gasteiger partial charge is 0.335 e. The second-order valence-electron chi connectivity index (χ2n) is 9.16. The Balaban J connectivity index is 1.64. The van der Waals surface area contributed by atoms with E-state index >= 15 is 0 Å². The summed E-state index contributed by atoms with van der Waals surface area (Å²) in [5, 5.41) is 8.46. The summed E-state index contributed by atoms with van der Waals surface area (Å²) < 4.78 is 32.1. The van der Waals surface area contributed by atoms with Gasteiger partial charge in [-0.3, -0.25) is 11.1 Å². The van der Waals surface area contributed by atoms with E-state index in [2.05, 4.69) is 11.8 Å². The van der Waals surface area contributed by atoms with Gasteiger partial charge in [0, 0.05) is 13.1 Å². The first kappa shape index (κ1) is 25.5. The minimum atomic E-state index is -4.07. The van der Waals surface area contributed by atoms with Crippen molar-refractivity contribution in [3.63, 3.8) is 0 Å². The van der Waals surface area contributed by atoms with Crippen LogP contribution in [0.25, 0.3) is 10.8 Å². The van der Waals surface area contributed by atoms with Gasteiger partial charge in [0.05, 0.1) is 24.1 Å². The molecule has 1 aliphatic rings. The number of fused-ring (bicyclic) bond motifs is 1. The van der Waals surface area contributed by atoms with E-state index in [1.54, 1.807) is 60.5 Å². The minimum Gasteiger partial charge on any atom is -0.497 e. The number of sulfonamides is 1. The number of benzene rings is 3. The maximum absolute atomic E-state index is 13.5. The molecule has 0 radical (unpaired) electrons. The van der Waals surface area contributed by atoms with Crippen molar-refractivity contribution in [2.24, 2.45) is 11.7 Å². The molecule has 0 aliphatic carbocycles. The zero-order valence-electron chi connectivity index (χ0n) is 20.5. The molecule has 0 saturated carbocycles. The van der Waals surface area contributed by atoms with Crippen LogP contribution in [0, 0.1) is 5.92 Å². The third-order valence-corrected chi connectivity index (χ3v) is 7.78. The van der Waals surface area contributed by atoms with E-state index in [1.165, 1.54) is 6.07 Å². The molecule has 3 aromatic rings. The lowest BCUT2D eigenvalue weighted by Gasteiger charge is -2.34. The summed E-state index contributed by atoms with van der Waals surface area (Å²) >= 11 is 0. The monoisotopic (exact) mass is 510 g/mol. The third-order valence-electron chi connectivity index (χ3n) is 6.45. The van der Waals surface area contributed by atoms with Gasteiger partial charge in [0.15, 0.2) is 0 Å². The number of urea groups is 1. The molecule has 1 aliphatic heterocycles. The lowest BCUT2D eigenvalue weighted by atomic mass is 10.00. The number of piperidine rings is 1. The summed E-state index contributed by atoms with van der Waals surface area (Å²) in [5.74, 6) is 1.35. The molecular formula is C26H32N5O4S+. The van der Waals surface area contributed by atoms with Crippen LogP contribution in [0.15, 0.2) is 65.6 Å². The Bertz CT molecular complexity index is 1380. The molecule has 0 aromatic heterocycles. The van der Waals surface area contributed by atoms with Crippen LogP contribution in [0.1, 0.15) is 30.9 Å². The number of hydrazine groups is 1. The van der Waals surface area contributed by atoms with Gasteiger partial charge in [-0.15, -0.1) is 4.83 Å². The number of nitrogens with two attached hydrogens (primary N) is 2. The van der Waals surface area contributed by atoms with Crippen LogP contribution in [0.3, 0.4) is 0 Å². The Labute approximate surface area is 211 Å². The first-order valence-corrected chi connectivity index (χ1v) is 13.3. The highest BCUT2D eigenvalue weighted by molar-refractivity contribution is 7.89. The number of likely N-dealkylation sites (tertiary alicyclic amines) is 1. The number of hydrogen-bond acceptors (Lipinski definition) is 4. The summed E-state index contributed by atoms with van der Waals surface area (Å²) in [6.45, 7) is 3.30. The molecule has 9 nitrogen and oxygen atoms in total. The summed E-state index contributed by atoms with van der Waals surface area (Å²) in [4.78, 5) is 17.7. The Hall–Kier alpha value is -3.63. The highest BCUT2D eigenvalue weighted by Gasteiger charge is 2.29. The van der Waals surface area contributed by atoms with Crippen molar-refractivity contribution < 1.29 is 23.4 Å². The van der Waals surface area contributed by atoms with Gasteiger partial charge in [-0.1, -0.05) is 31.2 Å². The van der Waals surface area contributed by atoms with Crippen LogP contribution in [0.5, 0.6) is 5.75 Å². The van der Waals surface area contributed by atoms with Gasteiger partial charge in [-0.05, 0) is 71.5 Å². The van der Waals surface area contributed by atoms with Crippen molar-refractivity contribution in [2.45, 2.75) is 31.2 Å². The van der Waals surface area contributed by atoms with Crippen molar-refractivity contribution in [2.75, 3.05) is 20.2 Å². The van der Waals surface area contributed by atoms with Crippen molar-refractivity contribution in [1.82, 2.24) is 14.7 Å². The summed E-state index contributed by atoms with van der Waals surface area (Å²) in [6.07, 6.45) is 1.74. The number of amides is 2.